The van der Waals surface area contributed by atoms with Gasteiger partial charge in [-0.25, -0.2) is 0 Å². The minimum absolute atomic E-state index is 0.319. The van der Waals surface area contributed by atoms with E-state index >= 15 is 0 Å². The van der Waals surface area contributed by atoms with E-state index in [1.807, 2.05) is 0 Å². The van der Waals surface area contributed by atoms with Crippen LogP contribution in [0.4, 0.5) is 0 Å². The molecular weight excluding hydrogens is 200 g/mol. The van der Waals surface area contributed by atoms with Crippen LogP contribution >= 0.6 is 0 Å². The molecule has 0 bridgehead atoms. The maximum absolute atomic E-state index is 11.1. The lowest BCUT2D eigenvalue weighted by atomic mass is 9.86. The third-order valence-corrected chi connectivity index (χ3v) is 3.76. The van der Waals surface area contributed by atoms with Crippen molar-refractivity contribution in [2.75, 3.05) is 34.2 Å². The van der Waals surface area contributed by atoms with Crippen LogP contribution in [-0.2, 0) is 4.79 Å². The van der Waals surface area contributed by atoms with E-state index in [0.29, 0.717) is 11.8 Å². The van der Waals surface area contributed by atoms with Gasteiger partial charge >= 0.3 is 0 Å². The lowest BCUT2D eigenvalue weighted by Crippen LogP contribution is -2.42. The topological polar surface area (TPSA) is 23.6 Å². The number of carbonyl (C=O) groups excluding carboxylic acids is 1. The van der Waals surface area contributed by atoms with Crippen LogP contribution in [0.15, 0.2) is 0 Å². The zero-order valence-corrected chi connectivity index (χ0v) is 11.2. The van der Waals surface area contributed by atoms with Crippen LogP contribution in [-0.4, -0.2) is 55.9 Å². The molecule has 1 heterocycles. The average Bonchev–Trinajstić information content (AvgIpc) is 2.20. The van der Waals surface area contributed by atoms with Crippen molar-refractivity contribution in [2.45, 2.75) is 38.6 Å². The molecule has 1 atom stereocenters. The lowest BCUT2D eigenvalue weighted by molar-refractivity contribution is -0.117. The summed E-state index contributed by atoms with van der Waals surface area (Å²) in [4.78, 5) is 15.8. The lowest BCUT2D eigenvalue weighted by Gasteiger charge is -2.37. The minimum atomic E-state index is 0.319. The zero-order chi connectivity index (χ0) is 12.1. The quantitative estimate of drug-likeness (QED) is 0.712. The maximum Gasteiger partial charge on any atom is 0.129 e. The van der Waals surface area contributed by atoms with E-state index in [2.05, 4.69) is 30.9 Å². The van der Waals surface area contributed by atoms with Gasteiger partial charge in [0.2, 0.25) is 0 Å². The second-order valence-electron chi connectivity index (χ2n) is 5.41. The Hall–Kier alpha value is -0.410. The Morgan fingerprint density at radius 2 is 1.94 bits per heavy atom. The first-order chi connectivity index (χ1) is 7.50. The van der Waals surface area contributed by atoms with Gasteiger partial charge in [0.15, 0.2) is 0 Å². The highest BCUT2D eigenvalue weighted by molar-refractivity contribution is 5.75. The van der Waals surface area contributed by atoms with Gasteiger partial charge < -0.3 is 14.6 Å². The fraction of sp³-hybridized carbons (Fsp3) is 0.923. The number of likely N-dealkylation sites (tertiary alicyclic amines) is 1. The number of hydrogen-bond donors (Lipinski definition) is 0. The number of carbonyl (C=O) groups is 1. The Bertz CT molecular complexity index is 220. The molecule has 1 rings (SSSR count). The fourth-order valence-electron chi connectivity index (χ4n) is 2.68. The van der Waals surface area contributed by atoms with E-state index in [1.165, 1.54) is 25.9 Å². The number of rotatable bonds is 5. The van der Waals surface area contributed by atoms with E-state index in [4.69, 9.17) is 0 Å². The number of piperidine rings is 1. The third kappa shape index (κ3) is 4.22. The highest BCUT2D eigenvalue weighted by atomic mass is 16.1. The Morgan fingerprint density at radius 1 is 1.38 bits per heavy atom. The summed E-state index contributed by atoms with van der Waals surface area (Å²) in [6, 6.07) is 0.581. The van der Waals surface area contributed by atoms with Gasteiger partial charge in [-0.3, -0.25) is 0 Å². The highest BCUT2D eigenvalue weighted by Gasteiger charge is 2.26. The van der Waals surface area contributed by atoms with Gasteiger partial charge in [0, 0.05) is 12.5 Å². The van der Waals surface area contributed by atoms with Crippen LogP contribution in [0, 0.1) is 5.92 Å². The van der Waals surface area contributed by atoms with Gasteiger partial charge in [-0.2, -0.15) is 0 Å². The Kier molecular flexibility index (Phi) is 5.42. The predicted molar refractivity (Wildman–Crippen MR) is 67.6 cm³/mol. The van der Waals surface area contributed by atoms with Gasteiger partial charge in [-0.05, 0) is 66.3 Å². The standard InChI is InChI=1S/C13H26N2O/c1-11(16)5-6-13(14(2)3)12-7-9-15(4)10-8-12/h12-13H,5-10H2,1-4H3. The van der Waals surface area contributed by atoms with Gasteiger partial charge in [-0.1, -0.05) is 0 Å². The molecule has 3 heteroatoms. The van der Waals surface area contributed by atoms with E-state index in [0.717, 1.165) is 18.8 Å². The molecule has 0 N–H and O–H groups in total. The summed E-state index contributed by atoms with van der Waals surface area (Å²) < 4.78 is 0. The molecule has 0 aromatic heterocycles. The average molecular weight is 226 g/mol. The Labute approximate surface area is 99.8 Å². The van der Waals surface area contributed by atoms with E-state index < -0.39 is 0 Å². The van der Waals surface area contributed by atoms with Crippen molar-refractivity contribution < 1.29 is 4.79 Å². The van der Waals surface area contributed by atoms with E-state index in [1.54, 1.807) is 6.92 Å². The predicted octanol–water partition coefficient (Wildman–Crippen LogP) is 1.63. The normalized spacial score (nSPS) is 21.3. The molecule has 0 radical (unpaired) electrons. The maximum atomic E-state index is 11.1. The zero-order valence-electron chi connectivity index (χ0n) is 11.2. The van der Waals surface area contributed by atoms with Crippen molar-refractivity contribution in [3.05, 3.63) is 0 Å². The first-order valence-corrected chi connectivity index (χ1v) is 6.35. The molecule has 3 nitrogen and oxygen atoms in total. The van der Waals surface area contributed by atoms with Gasteiger partial charge in [0.1, 0.15) is 5.78 Å². The molecule has 1 aliphatic heterocycles. The summed E-state index contributed by atoms with van der Waals surface area (Å²) in [6.07, 6.45) is 4.31. The molecular formula is C13H26N2O. The number of hydrogen-bond acceptors (Lipinski definition) is 3. The molecule has 1 aliphatic rings. The molecule has 1 saturated heterocycles. The Balaban J connectivity index is 2.46. The van der Waals surface area contributed by atoms with E-state index in [9.17, 15) is 4.79 Å². The van der Waals surface area contributed by atoms with Crippen LogP contribution < -0.4 is 0 Å². The fourth-order valence-corrected chi connectivity index (χ4v) is 2.68. The second kappa shape index (κ2) is 6.36. The summed E-state index contributed by atoms with van der Waals surface area (Å²) in [5, 5.41) is 0. The van der Waals surface area contributed by atoms with Crippen LogP contribution in [0.1, 0.15) is 32.6 Å². The molecule has 1 unspecified atom stereocenters. The Morgan fingerprint density at radius 3 is 2.38 bits per heavy atom. The van der Waals surface area contributed by atoms with Crippen molar-refractivity contribution in [2.24, 2.45) is 5.92 Å². The SMILES string of the molecule is CC(=O)CCC(C1CCN(C)CC1)N(C)C. The minimum Gasteiger partial charge on any atom is -0.306 e. The highest BCUT2D eigenvalue weighted by Crippen LogP contribution is 2.25. The molecule has 94 valence electrons. The molecule has 0 aromatic rings. The summed E-state index contributed by atoms with van der Waals surface area (Å²) in [7, 11) is 6.47. The van der Waals surface area contributed by atoms with Crippen molar-refractivity contribution in [1.82, 2.24) is 9.80 Å². The van der Waals surface area contributed by atoms with Gasteiger partial charge in [0.25, 0.3) is 0 Å². The molecule has 0 saturated carbocycles. The van der Waals surface area contributed by atoms with Gasteiger partial charge in [0.05, 0.1) is 0 Å². The van der Waals surface area contributed by atoms with Gasteiger partial charge in [-0.15, -0.1) is 0 Å². The molecule has 16 heavy (non-hydrogen) atoms. The van der Waals surface area contributed by atoms with Crippen molar-refractivity contribution in [3.63, 3.8) is 0 Å². The number of ketones is 1. The summed E-state index contributed by atoms with van der Waals surface area (Å²) in [5.74, 6) is 1.09. The molecule has 0 amide bonds. The smallest absolute Gasteiger partial charge is 0.129 e. The van der Waals surface area contributed by atoms with E-state index in [-0.39, 0.29) is 0 Å². The third-order valence-electron chi connectivity index (χ3n) is 3.76. The largest absolute Gasteiger partial charge is 0.306 e. The van der Waals surface area contributed by atoms with Crippen LogP contribution in [0.5, 0.6) is 0 Å². The van der Waals surface area contributed by atoms with Crippen molar-refractivity contribution >= 4 is 5.78 Å². The summed E-state index contributed by atoms with van der Waals surface area (Å²) >= 11 is 0. The summed E-state index contributed by atoms with van der Waals surface area (Å²) in [6.45, 7) is 4.10. The summed E-state index contributed by atoms with van der Waals surface area (Å²) in [5.41, 5.74) is 0. The first-order valence-electron chi connectivity index (χ1n) is 6.35. The van der Waals surface area contributed by atoms with Crippen LogP contribution in [0.3, 0.4) is 0 Å². The number of Topliss-reactive ketones (excluding diaryl/α,β-unsaturated/α-hetero) is 1. The van der Waals surface area contributed by atoms with Crippen LogP contribution in [0.25, 0.3) is 0 Å². The molecule has 0 spiro atoms. The van der Waals surface area contributed by atoms with Crippen molar-refractivity contribution in [3.8, 4) is 0 Å². The molecule has 0 aliphatic carbocycles. The first kappa shape index (κ1) is 13.7. The van der Waals surface area contributed by atoms with Crippen LogP contribution in [0.2, 0.25) is 0 Å². The molecule has 1 fully saturated rings. The molecule has 0 aromatic carbocycles. The number of nitrogens with zero attached hydrogens (tertiary/aromatic N) is 2. The second-order valence-corrected chi connectivity index (χ2v) is 5.41. The monoisotopic (exact) mass is 226 g/mol. The van der Waals surface area contributed by atoms with Crippen molar-refractivity contribution in [1.29, 1.82) is 0 Å².